The van der Waals surface area contributed by atoms with E-state index in [1.54, 1.807) is 21.1 Å². The van der Waals surface area contributed by atoms with Crippen LogP contribution in [-0.2, 0) is 42.4 Å². The molecule has 0 aromatic carbocycles. The molecule has 0 unspecified atom stereocenters. The smallest absolute Gasteiger partial charge is 0.330 e. The molecule has 0 bridgehead atoms. The largest absolute Gasteiger partial charge is 0.463 e. The number of hydrogen-bond acceptors (Lipinski definition) is 9. The lowest BCUT2D eigenvalue weighted by Gasteiger charge is -2.47. The molecule has 0 spiro atoms. The summed E-state index contributed by atoms with van der Waals surface area (Å²) in [6.45, 7) is 13.4. The lowest BCUT2D eigenvalue weighted by Crippen LogP contribution is -2.58. The Hall–Kier alpha value is -0.853. The van der Waals surface area contributed by atoms with Gasteiger partial charge in [0.25, 0.3) is 0 Å². The molecule has 0 radical (unpaired) electrons. The Morgan fingerprint density at radius 1 is 1.11 bits per heavy atom. The zero-order valence-corrected chi connectivity index (χ0v) is 23.8. The van der Waals surface area contributed by atoms with Gasteiger partial charge in [-0.3, -0.25) is 0 Å². The molecule has 10 heteroatoms. The van der Waals surface area contributed by atoms with E-state index < -0.39 is 19.5 Å². The number of carbonyl (C=O) groups excluding carboxylic acids is 1. The molecule has 204 valence electrons. The SMILES string of the molecule is CCOC(=O)/C=C/C[C@@H]1O[C@@H]2C[C@H](OCOC)[C@@](C)(COCOC)O[C@H]2CC[C@@]1(C)O[Si](C)(C)C. The fourth-order valence-electron chi connectivity index (χ4n) is 4.89. The van der Waals surface area contributed by atoms with Crippen LogP contribution in [-0.4, -0.2) is 90.9 Å². The summed E-state index contributed by atoms with van der Waals surface area (Å²) in [5.74, 6) is -0.354. The molecule has 2 aliphatic heterocycles. The van der Waals surface area contributed by atoms with Crippen molar-refractivity contribution in [2.75, 3.05) is 41.0 Å². The fourth-order valence-corrected chi connectivity index (χ4v) is 6.52. The van der Waals surface area contributed by atoms with Gasteiger partial charge in [-0.1, -0.05) is 6.08 Å². The van der Waals surface area contributed by atoms with Gasteiger partial charge < -0.3 is 37.6 Å². The second-order valence-corrected chi connectivity index (χ2v) is 15.1. The predicted molar refractivity (Wildman–Crippen MR) is 134 cm³/mol. The zero-order valence-electron chi connectivity index (χ0n) is 22.8. The Kier molecular flexibility index (Phi) is 11.8. The van der Waals surface area contributed by atoms with Crippen molar-refractivity contribution in [3.05, 3.63) is 12.2 Å². The molecule has 2 aliphatic rings. The number of fused-ring (bicyclic) bond motifs is 1. The molecule has 2 fully saturated rings. The molecule has 6 atom stereocenters. The normalized spacial score (nSPS) is 33.9. The van der Waals surface area contributed by atoms with Gasteiger partial charge in [-0.2, -0.15) is 0 Å². The Balaban J connectivity index is 2.27. The molecular weight excluding hydrogens is 472 g/mol. The zero-order chi connectivity index (χ0) is 26.1. The molecule has 9 nitrogen and oxygen atoms in total. The molecule has 0 aromatic rings. The van der Waals surface area contributed by atoms with Gasteiger partial charge in [-0.05, 0) is 59.7 Å². The van der Waals surface area contributed by atoms with Crippen LogP contribution in [0, 0.1) is 0 Å². The number of esters is 1. The van der Waals surface area contributed by atoms with Crippen molar-refractivity contribution < 1.29 is 42.4 Å². The average molecular weight is 519 g/mol. The summed E-state index contributed by atoms with van der Waals surface area (Å²) in [4.78, 5) is 11.9. The van der Waals surface area contributed by atoms with Crippen molar-refractivity contribution in [3.63, 3.8) is 0 Å². The van der Waals surface area contributed by atoms with E-state index in [0.717, 1.165) is 12.8 Å². The average Bonchev–Trinajstić information content (AvgIpc) is 2.88. The minimum Gasteiger partial charge on any atom is -0.463 e. The first-order valence-corrected chi connectivity index (χ1v) is 15.9. The highest BCUT2D eigenvalue weighted by molar-refractivity contribution is 6.69. The number of rotatable bonds is 13. The van der Waals surface area contributed by atoms with Crippen LogP contribution in [0.3, 0.4) is 0 Å². The fraction of sp³-hybridized carbons (Fsp3) is 0.880. The highest BCUT2D eigenvalue weighted by Gasteiger charge is 2.52. The minimum absolute atomic E-state index is 0.142. The van der Waals surface area contributed by atoms with Gasteiger partial charge >= 0.3 is 5.97 Å². The third kappa shape index (κ3) is 9.19. The van der Waals surface area contributed by atoms with E-state index in [1.807, 2.05) is 13.0 Å². The molecule has 0 amide bonds. The molecule has 0 aliphatic carbocycles. The highest BCUT2D eigenvalue weighted by Crippen LogP contribution is 2.42. The predicted octanol–water partition coefficient (Wildman–Crippen LogP) is 3.81. The quantitative estimate of drug-likeness (QED) is 0.119. The van der Waals surface area contributed by atoms with Crippen molar-refractivity contribution in [2.45, 2.75) is 102 Å². The molecular formula is C25H46O9Si. The van der Waals surface area contributed by atoms with Crippen molar-refractivity contribution >= 4 is 14.3 Å². The van der Waals surface area contributed by atoms with Crippen molar-refractivity contribution in [3.8, 4) is 0 Å². The molecule has 35 heavy (non-hydrogen) atoms. The van der Waals surface area contributed by atoms with E-state index in [4.69, 9.17) is 37.6 Å². The maximum absolute atomic E-state index is 11.9. The van der Waals surface area contributed by atoms with E-state index in [0.29, 0.717) is 26.1 Å². The van der Waals surface area contributed by atoms with Gasteiger partial charge in [-0.15, -0.1) is 0 Å². The molecule has 0 aromatic heterocycles. The van der Waals surface area contributed by atoms with Gasteiger partial charge in [0.05, 0.1) is 43.2 Å². The van der Waals surface area contributed by atoms with Crippen molar-refractivity contribution in [1.29, 1.82) is 0 Å². The van der Waals surface area contributed by atoms with Crippen molar-refractivity contribution in [1.82, 2.24) is 0 Å². The van der Waals surface area contributed by atoms with E-state index >= 15 is 0 Å². The van der Waals surface area contributed by atoms with E-state index in [-0.39, 0.29) is 44.0 Å². The lowest BCUT2D eigenvalue weighted by atomic mass is 9.86. The second kappa shape index (κ2) is 13.6. The summed E-state index contributed by atoms with van der Waals surface area (Å²) < 4.78 is 47.1. The molecule has 2 saturated heterocycles. The van der Waals surface area contributed by atoms with Gasteiger partial charge in [0.15, 0.2) is 8.32 Å². The van der Waals surface area contributed by atoms with Crippen LogP contribution in [0.5, 0.6) is 0 Å². The number of methoxy groups -OCH3 is 2. The lowest BCUT2D eigenvalue weighted by molar-refractivity contribution is -0.275. The van der Waals surface area contributed by atoms with Gasteiger partial charge in [0.2, 0.25) is 0 Å². The van der Waals surface area contributed by atoms with Crippen LogP contribution in [0.15, 0.2) is 12.2 Å². The van der Waals surface area contributed by atoms with Crippen molar-refractivity contribution in [2.24, 2.45) is 0 Å². The van der Waals surface area contributed by atoms with Crippen LogP contribution in [0.1, 0.15) is 46.5 Å². The Morgan fingerprint density at radius 2 is 1.83 bits per heavy atom. The summed E-state index contributed by atoms with van der Waals surface area (Å²) in [7, 11) is 1.29. The van der Waals surface area contributed by atoms with Gasteiger partial charge in [-0.25, -0.2) is 4.79 Å². The summed E-state index contributed by atoms with van der Waals surface area (Å²) >= 11 is 0. The van der Waals surface area contributed by atoms with E-state index in [1.165, 1.54) is 6.08 Å². The maximum atomic E-state index is 11.9. The van der Waals surface area contributed by atoms with E-state index in [2.05, 4.69) is 26.6 Å². The minimum atomic E-state index is -1.90. The highest BCUT2D eigenvalue weighted by atomic mass is 28.4. The third-order valence-electron chi connectivity index (χ3n) is 6.32. The number of carbonyl (C=O) groups is 1. The van der Waals surface area contributed by atoms with Crippen LogP contribution in [0.25, 0.3) is 0 Å². The Morgan fingerprint density at radius 3 is 2.46 bits per heavy atom. The maximum Gasteiger partial charge on any atom is 0.330 e. The van der Waals surface area contributed by atoms with Crippen LogP contribution >= 0.6 is 0 Å². The number of ether oxygens (including phenoxy) is 7. The summed E-state index contributed by atoms with van der Waals surface area (Å²) in [5.41, 5.74) is -1.20. The summed E-state index contributed by atoms with van der Waals surface area (Å²) in [6, 6.07) is 0. The topological polar surface area (TPSA) is 90.9 Å². The van der Waals surface area contributed by atoms with Gasteiger partial charge in [0, 0.05) is 26.7 Å². The summed E-state index contributed by atoms with van der Waals surface area (Å²) in [5, 5.41) is 0. The first-order valence-electron chi connectivity index (χ1n) is 12.5. The monoisotopic (exact) mass is 518 g/mol. The molecule has 0 saturated carbocycles. The third-order valence-corrected chi connectivity index (χ3v) is 7.39. The summed E-state index contributed by atoms with van der Waals surface area (Å²) in [6.07, 6.45) is 5.11. The van der Waals surface area contributed by atoms with Crippen LogP contribution in [0.2, 0.25) is 19.6 Å². The molecule has 0 N–H and O–H groups in total. The first kappa shape index (κ1) is 30.4. The van der Waals surface area contributed by atoms with Crippen LogP contribution in [0.4, 0.5) is 0 Å². The standard InChI is InChI=1S/C25H46O9Si/c1-9-30-23(26)12-10-11-21-24(2,34-35(6,7)8)14-13-19-20(32-21)15-22(31-18-28-5)25(3,33-19)16-29-17-27-4/h10,12,19-22H,9,11,13-18H2,1-8H3/b12-10+/t19-,20+,21-,22-,24+,25+/m0/s1. The molecule has 2 rings (SSSR count). The molecule has 2 heterocycles. The van der Waals surface area contributed by atoms with E-state index in [9.17, 15) is 4.79 Å². The van der Waals surface area contributed by atoms with Gasteiger partial charge in [0.1, 0.15) is 19.2 Å². The Labute approximate surface area is 211 Å². The Bertz CT molecular complexity index is 682. The second-order valence-electron chi connectivity index (χ2n) is 10.6. The first-order chi connectivity index (χ1) is 16.5. The number of hydrogen-bond donors (Lipinski definition) is 0. The van der Waals surface area contributed by atoms with Crippen LogP contribution < -0.4 is 0 Å².